The number of imidazole rings is 1. The van der Waals surface area contributed by atoms with E-state index in [1.807, 2.05) is 0 Å². The van der Waals surface area contributed by atoms with E-state index < -0.39 is 11.9 Å². The molecular weight excluding hydrogens is 293 g/mol. The summed E-state index contributed by atoms with van der Waals surface area (Å²) in [5, 5.41) is 12.0. The molecular formula is C11H7Cl2N3O3. The minimum Gasteiger partial charge on any atom is -0.477 e. The number of hydrogen-bond acceptors (Lipinski definition) is 3. The summed E-state index contributed by atoms with van der Waals surface area (Å²) < 4.78 is 0. The molecule has 0 unspecified atom stereocenters. The monoisotopic (exact) mass is 299 g/mol. The van der Waals surface area contributed by atoms with Crippen LogP contribution in [0.4, 0.5) is 5.69 Å². The summed E-state index contributed by atoms with van der Waals surface area (Å²) in [4.78, 5) is 28.8. The molecule has 0 aliphatic carbocycles. The Morgan fingerprint density at radius 1 is 1.21 bits per heavy atom. The number of hydrogen-bond donors (Lipinski definition) is 3. The second-order valence-electron chi connectivity index (χ2n) is 3.54. The Balaban J connectivity index is 2.25. The number of nitrogens with zero attached hydrogens (tertiary/aromatic N) is 1. The molecule has 1 aromatic heterocycles. The summed E-state index contributed by atoms with van der Waals surface area (Å²) in [6.07, 6.45) is 1.13. The molecule has 0 spiro atoms. The van der Waals surface area contributed by atoms with E-state index in [0.29, 0.717) is 15.7 Å². The lowest BCUT2D eigenvalue weighted by atomic mass is 10.2. The maximum absolute atomic E-state index is 11.9. The van der Waals surface area contributed by atoms with Gasteiger partial charge in [0.2, 0.25) is 0 Å². The lowest BCUT2D eigenvalue weighted by Crippen LogP contribution is -2.16. The van der Waals surface area contributed by atoms with Crippen LogP contribution >= 0.6 is 23.2 Å². The molecule has 0 bridgehead atoms. The summed E-state index contributed by atoms with van der Waals surface area (Å²) in [6, 6.07) is 4.48. The van der Waals surface area contributed by atoms with Crippen molar-refractivity contribution >= 4 is 40.8 Å². The fourth-order valence-corrected chi connectivity index (χ4v) is 1.97. The summed E-state index contributed by atoms with van der Waals surface area (Å²) in [7, 11) is 0. The number of halogens is 2. The third-order valence-corrected chi connectivity index (χ3v) is 2.63. The Kier molecular flexibility index (Phi) is 3.73. The summed E-state index contributed by atoms with van der Waals surface area (Å²) in [5.41, 5.74) is -0.156. The molecule has 6 nitrogen and oxygen atoms in total. The standard InChI is InChI=1S/C11H7Cl2N3O3/c12-5-1-6(13)3-7(2-5)16-10(17)8-9(11(18)19)15-4-14-8/h1-4H,(H,14,15)(H,16,17)(H,18,19). The first-order valence-corrected chi connectivity index (χ1v) is 5.77. The van der Waals surface area contributed by atoms with Gasteiger partial charge in [-0.15, -0.1) is 0 Å². The Morgan fingerprint density at radius 2 is 1.84 bits per heavy atom. The van der Waals surface area contributed by atoms with Crippen LogP contribution < -0.4 is 5.32 Å². The van der Waals surface area contributed by atoms with E-state index in [1.165, 1.54) is 18.2 Å². The molecule has 8 heteroatoms. The van der Waals surface area contributed by atoms with Crippen molar-refractivity contribution in [3.8, 4) is 0 Å². The number of rotatable bonds is 3. The fraction of sp³-hybridized carbons (Fsp3) is 0. The van der Waals surface area contributed by atoms with Crippen LogP contribution in [-0.4, -0.2) is 27.0 Å². The van der Waals surface area contributed by atoms with Crippen molar-refractivity contribution in [1.82, 2.24) is 9.97 Å². The number of aromatic amines is 1. The Bertz CT molecular complexity index is 634. The topological polar surface area (TPSA) is 95.1 Å². The third-order valence-electron chi connectivity index (χ3n) is 2.19. The van der Waals surface area contributed by atoms with Gasteiger partial charge >= 0.3 is 5.97 Å². The number of H-pyrrole nitrogens is 1. The van der Waals surface area contributed by atoms with Gasteiger partial charge in [-0.3, -0.25) is 4.79 Å². The second kappa shape index (κ2) is 5.29. The van der Waals surface area contributed by atoms with Crippen molar-refractivity contribution < 1.29 is 14.7 Å². The van der Waals surface area contributed by atoms with Gasteiger partial charge in [-0.1, -0.05) is 23.2 Å². The SMILES string of the molecule is O=C(Nc1cc(Cl)cc(Cl)c1)c1nc[nH]c1C(=O)O. The minimum atomic E-state index is -1.27. The zero-order valence-electron chi connectivity index (χ0n) is 9.28. The largest absolute Gasteiger partial charge is 0.477 e. The van der Waals surface area contributed by atoms with E-state index in [2.05, 4.69) is 15.3 Å². The lowest BCUT2D eigenvalue weighted by Gasteiger charge is -2.05. The number of aromatic carboxylic acids is 1. The van der Waals surface area contributed by atoms with E-state index in [4.69, 9.17) is 28.3 Å². The predicted molar refractivity (Wildman–Crippen MR) is 70.0 cm³/mol. The van der Waals surface area contributed by atoms with Crippen LogP contribution in [0, 0.1) is 0 Å². The molecule has 0 saturated carbocycles. The smallest absolute Gasteiger partial charge is 0.354 e. The molecule has 0 saturated heterocycles. The molecule has 0 radical (unpaired) electrons. The number of anilines is 1. The summed E-state index contributed by atoms with van der Waals surface area (Å²) in [6.45, 7) is 0. The zero-order chi connectivity index (χ0) is 14.0. The normalized spacial score (nSPS) is 10.2. The molecule has 2 rings (SSSR count). The van der Waals surface area contributed by atoms with Crippen molar-refractivity contribution in [3.63, 3.8) is 0 Å². The van der Waals surface area contributed by atoms with Gasteiger partial charge in [-0.2, -0.15) is 0 Å². The van der Waals surface area contributed by atoms with Crippen LogP contribution in [0.15, 0.2) is 24.5 Å². The number of aromatic nitrogens is 2. The highest BCUT2D eigenvalue weighted by molar-refractivity contribution is 6.35. The van der Waals surface area contributed by atoms with Crippen LogP contribution in [0.3, 0.4) is 0 Å². The predicted octanol–water partition coefficient (Wildman–Crippen LogP) is 2.67. The molecule has 1 amide bonds. The maximum Gasteiger partial charge on any atom is 0.354 e. The van der Waals surface area contributed by atoms with E-state index in [1.54, 1.807) is 0 Å². The van der Waals surface area contributed by atoms with E-state index >= 15 is 0 Å². The van der Waals surface area contributed by atoms with Gasteiger partial charge in [0.05, 0.1) is 6.33 Å². The van der Waals surface area contributed by atoms with Gasteiger partial charge < -0.3 is 15.4 Å². The van der Waals surface area contributed by atoms with Crippen molar-refractivity contribution in [1.29, 1.82) is 0 Å². The van der Waals surface area contributed by atoms with E-state index in [0.717, 1.165) is 6.33 Å². The average molecular weight is 300 g/mol. The van der Waals surface area contributed by atoms with Crippen LogP contribution in [0.5, 0.6) is 0 Å². The summed E-state index contributed by atoms with van der Waals surface area (Å²) >= 11 is 11.6. The van der Waals surface area contributed by atoms with Gasteiger partial charge in [0, 0.05) is 15.7 Å². The number of nitrogens with one attached hydrogen (secondary N) is 2. The number of carbonyl (C=O) groups excluding carboxylic acids is 1. The van der Waals surface area contributed by atoms with Crippen LogP contribution in [-0.2, 0) is 0 Å². The first-order valence-electron chi connectivity index (χ1n) is 5.01. The number of carboxylic acid groups (broad SMARTS) is 1. The van der Waals surface area contributed by atoms with E-state index in [-0.39, 0.29) is 11.4 Å². The zero-order valence-corrected chi connectivity index (χ0v) is 10.8. The molecule has 19 heavy (non-hydrogen) atoms. The van der Waals surface area contributed by atoms with Crippen LogP contribution in [0.2, 0.25) is 10.0 Å². The highest BCUT2D eigenvalue weighted by atomic mass is 35.5. The minimum absolute atomic E-state index is 0.219. The van der Waals surface area contributed by atoms with Crippen molar-refractivity contribution in [2.75, 3.05) is 5.32 Å². The van der Waals surface area contributed by atoms with Gasteiger partial charge in [-0.25, -0.2) is 9.78 Å². The molecule has 98 valence electrons. The Morgan fingerprint density at radius 3 is 2.42 bits per heavy atom. The van der Waals surface area contributed by atoms with Crippen LogP contribution in [0.1, 0.15) is 21.0 Å². The first kappa shape index (κ1) is 13.4. The quantitative estimate of drug-likeness (QED) is 0.812. The number of carboxylic acids is 1. The van der Waals surface area contributed by atoms with Gasteiger partial charge in [0.15, 0.2) is 11.4 Å². The number of amides is 1. The van der Waals surface area contributed by atoms with E-state index in [9.17, 15) is 9.59 Å². The molecule has 0 aliphatic rings. The third kappa shape index (κ3) is 3.04. The van der Waals surface area contributed by atoms with Crippen molar-refractivity contribution in [3.05, 3.63) is 46.0 Å². The Labute approximate surface area is 117 Å². The Hall–Kier alpha value is -2.05. The van der Waals surface area contributed by atoms with Crippen molar-refractivity contribution in [2.24, 2.45) is 0 Å². The van der Waals surface area contributed by atoms with Crippen molar-refractivity contribution in [2.45, 2.75) is 0 Å². The average Bonchev–Trinajstić information content (AvgIpc) is 2.75. The molecule has 3 N–H and O–H groups in total. The molecule has 0 fully saturated rings. The molecule has 0 atom stereocenters. The first-order chi connectivity index (χ1) is 8.97. The van der Waals surface area contributed by atoms with Crippen LogP contribution in [0.25, 0.3) is 0 Å². The maximum atomic E-state index is 11.9. The van der Waals surface area contributed by atoms with Gasteiger partial charge in [0.1, 0.15) is 0 Å². The molecule has 0 aliphatic heterocycles. The molecule has 2 aromatic rings. The second-order valence-corrected chi connectivity index (χ2v) is 4.42. The fourth-order valence-electron chi connectivity index (χ4n) is 1.45. The number of carbonyl (C=O) groups is 2. The highest BCUT2D eigenvalue weighted by Crippen LogP contribution is 2.22. The van der Waals surface area contributed by atoms with Gasteiger partial charge in [-0.05, 0) is 18.2 Å². The molecule has 1 aromatic carbocycles. The lowest BCUT2D eigenvalue weighted by molar-refractivity contribution is 0.0686. The number of benzene rings is 1. The van der Waals surface area contributed by atoms with Gasteiger partial charge in [0.25, 0.3) is 5.91 Å². The highest BCUT2D eigenvalue weighted by Gasteiger charge is 2.19. The summed E-state index contributed by atoms with van der Waals surface area (Å²) in [5.74, 6) is -1.94. The molecule has 1 heterocycles.